The van der Waals surface area contributed by atoms with Gasteiger partial charge in [0.05, 0.1) is 0 Å². The van der Waals surface area contributed by atoms with Crippen LogP contribution in [0.3, 0.4) is 0 Å². The Morgan fingerprint density at radius 2 is 1.75 bits per heavy atom. The summed E-state index contributed by atoms with van der Waals surface area (Å²) >= 11 is 2.51. The second kappa shape index (κ2) is 12.5. The number of hydrogen-bond acceptors (Lipinski definition) is 0. The molecule has 0 aliphatic heterocycles. The molecule has 0 amide bonds. The molecule has 0 aromatic carbocycles. The van der Waals surface area contributed by atoms with Crippen molar-refractivity contribution in [1.29, 1.82) is 0 Å². The summed E-state index contributed by atoms with van der Waals surface area (Å²) in [4.78, 5) is 0. The first-order valence-corrected chi connectivity index (χ1v) is 6.43. The summed E-state index contributed by atoms with van der Waals surface area (Å²) in [6, 6.07) is 0. The normalized spacial score (nSPS) is 12.2. The van der Waals surface area contributed by atoms with E-state index in [9.17, 15) is 0 Å². The van der Waals surface area contributed by atoms with Crippen molar-refractivity contribution in [2.75, 3.05) is 4.43 Å². The van der Waals surface area contributed by atoms with Crippen molar-refractivity contribution in [3.05, 3.63) is 0 Å². The molecular weight excluding hydrogens is 271 g/mol. The molecule has 0 aliphatic carbocycles. The lowest BCUT2D eigenvalue weighted by Gasteiger charge is -2.09. The van der Waals surface area contributed by atoms with E-state index in [4.69, 9.17) is 0 Å². The predicted molar refractivity (Wildman–Crippen MR) is 70.0 cm³/mol. The molecule has 0 fully saturated rings. The summed E-state index contributed by atoms with van der Waals surface area (Å²) in [5.41, 5.74) is 0. The highest BCUT2D eigenvalue weighted by atomic mass is 127. The highest BCUT2D eigenvalue weighted by molar-refractivity contribution is 14.1. The molecule has 0 heterocycles. The van der Waals surface area contributed by atoms with Crippen molar-refractivity contribution in [1.82, 2.24) is 0 Å². The molecule has 0 radical (unpaired) electrons. The van der Waals surface area contributed by atoms with Crippen LogP contribution in [0, 0.1) is 5.92 Å². The van der Waals surface area contributed by atoms with Crippen LogP contribution in [0.5, 0.6) is 0 Å². The van der Waals surface area contributed by atoms with Gasteiger partial charge in [-0.15, -0.1) is 0 Å². The van der Waals surface area contributed by atoms with Crippen molar-refractivity contribution in [3.8, 4) is 0 Å². The molecule has 0 rings (SSSR count). The molecule has 0 aliphatic rings. The van der Waals surface area contributed by atoms with Crippen molar-refractivity contribution in [2.45, 2.75) is 52.4 Å². The van der Waals surface area contributed by atoms with E-state index in [1.807, 2.05) is 0 Å². The lowest BCUT2D eigenvalue weighted by Crippen LogP contribution is -1.99. The van der Waals surface area contributed by atoms with Gasteiger partial charge in [-0.1, -0.05) is 68.5 Å². The number of alkyl halides is 1. The van der Waals surface area contributed by atoms with Gasteiger partial charge in [-0.2, -0.15) is 0 Å². The van der Waals surface area contributed by atoms with E-state index in [2.05, 4.69) is 36.4 Å². The molecule has 0 aromatic rings. The maximum atomic E-state index is 2.51. The minimum atomic E-state index is 0. The van der Waals surface area contributed by atoms with Gasteiger partial charge in [0, 0.05) is 4.43 Å². The molecule has 2 heteroatoms. The van der Waals surface area contributed by atoms with Gasteiger partial charge in [-0.05, 0) is 12.3 Å². The molecule has 0 saturated heterocycles. The molecule has 1 unspecified atom stereocenters. The zero-order valence-corrected chi connectivity index (χ0v) is 10.1. The quantitative estimate of drug-likeness (QED) is 0.292. The van der Waals surface area contributed by atoms with E-state index in [0.717, 1.165) is 5.92 Å². The standard InChI is InChI=1S/C10H21I.Mg.2H/c1-3-5-6-7-8-10(4-2)9-11;;;/h10H,3-9H2,1-2H3;;;. The molecule has 0 spiro atoms. The van der Waals surface area contributed by atoms with E-state index in [1.165, 1.54) is 43.0 Å². The molecule has 1 atom stereocenters. The monoisotopic (exact) mass is 294 g/mol. The summed E-state index contributed by atoms with van der Waals surface area (Å²) in [7, 11) is 0. The highest BCUT2D eigenvalue weighted by Crippen LogP contribution is 2.16. The molecule has 72 valence electrons. The number of rotatable bonds is 7. The zero-order chi connectivity index (χ0) is 8.53. The topological polar surface area (TPSA) is 0 Å². The van der Waals surface area contributed by atoms with Crippen molar-refractivity contribution in [3.63, 3.8) is 0 Å². The van der Waals surface area contributed by atoms with Crippen LogP contribution in [0.25, 0.3) is 0 Å². The maximum Gasteiger partial charge on any atom is 0.316 e. The fraction of sp³-hybridized carbons (Fsp3) is 1.00. The molecule has 0 saturated carbocycles. The molecule has 12 heavy (non-hydrogen) atoms. The first kappa shape index (κ1) is 15.9. The van der Waals surface area contributed by atoms with E-state index < -0.39 is 0 Å². The van der Waals surface area contributed by atoms with Crippen LogP contribution in [0.15, 0.2) is 0 Å². The third-order valence-electron chi connectivity index (χ3n) is 2.26. The SMILES string of the molecule is CCCCCCC(CC)CI.[MgH2]. The smallest absolute Gasteiger partial charge is 0.0861 e. The molecule has 0 aromatic heterocycles. The summed E-state index contributed by atoms with van der Waals surface area (Å²) < 4.78 is 1.35. The molecular formula is C10H23IMg. The van der Waals surface area contributed by atoms with Crippen LogP contribution >= 0.6 is 22.6 Å². The third kappa shape index (κ3) is 9.58. The van der Waals surface area contributed by atoms with Gasteiger partial charge in [0.2, 0.25) is 0 Å². The van der Waals surface area contributed by atoms with Gasteiger partial charge in [0.1, 0.15) is 0 Å². The Morgan fingerprint density at radius 1 is 1.08 bits per heavy atom. The Hall–Kier alpha value is 1.50. The summed E-state index contributed by atoms with van der Waals surface area (Å²) in [5.74, 6) is 0.993. The summed E-state index contributed by atoms with van der Waals surface area (Å²) in [6.07, 6.45) is 8.52. The number of halogens is 1. The van der Waals surface area contributed by atoms with Crippen molar-refractivity contribution < 1.29 is 0 Å². The Bertz CT molecular complexity index is 72.2. The third-order valence-corrected chi connectivity index (χ3v) is 3.51. The average molecular weight is 295 g/mol. The summed E-state index contributed by atoms with van der Waals surface area (Å²) in [6.45, 7) is 4.58. The second-order valence-electron chi connectivity index (χ2n) is 3.28. The van der Waals surface area contributed by atoms with Gasteiger partial charge >= 0.3 is 23.1 Å². The lowest BCUT2D eigenvalue weighted by atomic mass is 10.0. The Balaban J connectivity index is 0. The van der Waals surface area contributed by atoms with Crippen LogP contribution in [-0.2, 0) is 0 Å². The molecule has 0 nitrogen and oxygen atoms in total. The zero-order valence-electron chi connectivity index (χ0n) is 7.91. The van der Waals surface area contributed by atoms with E-state index in [1.54, 1.807) is 0 Å². The van der Waals surface area contributed by atoms with Gasteiger partial charge in [-0.3, -0.25) is 0 Å². The van der Waals surface area contributed by atoms with Gasteiger partial charge in [0.15, 0.2) is 0 Å². The fourth-order valence-electron chi connectivity index (χ4n) is 1.25. The second-order valence-corrected chi connectivity index (χ2v) is 4.16. The minimum Gasteiger partial charge on any atom is -0.0861 e. The minimum absolute atomic E-state index is 0. The Kier molecular flexibility index (Phi) is 16.6. The fourth-order valence-corrected chi connectivity index (χ4v) is 2.31. The molecule has 0 N–H and O–H groups in total. The van der Waals surface area contributed by atoms with Crippen LogP contribution in [0.2, 0.25) is 0 Å². The first-order chi connectivity index (χ1) is 5.35. The predicted octanol–water partition coefficient (Wildman–Crippen LogP) is 3.50. The van der Waals surface area contributed by atoms with Crippen molar-refractivity contribution >= 4 is 45.6 Å². The van der Waals surface area contributed by atoms with Gasteiger partial charge in [0.25, 0.3) is 0 Å². The first-order valence-electron chi connectivity index (χ1n) is 4.91. The van der Waals surface area contributed by atoms with E-state index in [-0.39, 0.29) is 23.1 Å². The van der Waals surface area contributed by atoms with Crippen LogP contribution in [-0.4, -0.2) is 27.5 Å². The van der Waals surface area contributed by atoms with E-state index >= 15 is 0 Å². The van der Waals surface area contributed by atoms with Crippen LogP contribution in [0.1, 0.15) is 52.4 Å². The van der Waals surface area contributed by atoms with Crippen molar-refractivity contribution in [2.24, 2.45) is 5.92 Å². The van der Waals surface area contributed by atoms with Gasteiger partial charge in [-0.25, -0.2) is 0 Å². The largest absolute Gasteiger partial charge is 0.316 e. The number of hydrogen-bond donors (Lipinski definition) is 0. The lowest BCUT2D eigenvalue weighted by molar-refractivity contribution is 0.489. The summed E-state index contributed by atoms with van der Waals surface area (Å²) in [5, 5.41) is 0. The van der Waals surface area contributed by atoms with Gasteiger partial charge < -0.3 is 0 Å². The van der Waals surface area contributed by atoms with Crippen LogP contribution in [0.4, 0.5) is 0 Å². The Morgan fingerprint density at radius 3 is 2.17 bits per heavy atom. The van der Waals surface area contributed by atoms with E-state index in [0.29, 0.717) is 0 Å². The molecule has 0 bridgehead atoms. The Labute approximate surface area is 108 Å². The number of unbranched alkanes of at least 4 members (excludes halogenated alkanes) is 3. The van der Waals surface area contributed by atoms with Crippen LogP contribution < -0.4 is 0 Å². The average Bonchev–Trinajstić information content (AvgIpc) is 2.05. The maximum absolute atomic E-state index is 2.51. The highest BCUT2D eigenvalue weighted by Gasteiger charge is 2.02.